The maximum atomic E-state index is 13.0. The highest BCUT2D eigenvalue weighted by Crippen LogP contribution is 2.15. The van der Waals surface area contributed by atoms with Crippen LogP contribution in [-0.2, 0) is 11.3 Å². The van der Waals surface area contributed by atoms with Crippen LogP contribution in [0.5, 0.6) is 0 Å². The monoisotopic (exact) mass is 283 g/mol. The highest BCUT2D eigenvalue weighted by atomic mass is 19.1. The van der Waals surface area contributed by atoms with Crippen molar-refractivity contribution in [2.75, 3.05) is 11.9 Å². The lowest BCUT2D eigenvalue weighted by Crippen LogP contribution is -2.29. The summed E-state index contributed by atoms with van der Waals surface area (Å²) in [5.41, 5.74) is 1.62. The number of rotatable bonds is 5. The minimum Gasteiger partial charge on any atom is -0.375 e. The molecule has 1 amide bonds. The first-order valence-electron chi connectivity index (χ1n) is 6.43. The summed E-state index contributed by atoms with van der Waals surface area (Å²) in [6.45, 7) is 0.461. The molecule has 0 fully saturated rings. The first-order valence-corrected chi connectivity index (χ1v) is 6.43. The molecule has 0 aliphatic rings. The molecular formula is C16H14FN3O. The number of nitrogens with one attached hydrogen (secondary N) is 2. The van der Waals surface area contributed by atoms with Gasteiger partial charge in [-0.1, -0.05) is 30.3 Å². The van der Waals surface area contributed by atoms with Crippen LogP contribution in [0.25, 0.3) is 0 Å². The highest BCUT2D eigenvalue weighted by molar-refractivity contribution is 5.81. The number of hydrogen-bond acceptors (Lipinski definition) is 3. The second-order valence-corrected chi connectivity index (χ2v) is 4.42. The Morgan fingerprint density at radius 1 is 1.19 bits per heavy atom. The molecule has 5 heteroatoms. The molecule has 0 unspecified atom stereocenters. The van der Waals surface area contributed by atoms with Crippen LogP contribution in [0.1, 0.15) is 11.1 Å². The summed E-state index contributed by atoms with van der Waals surface area (Å²) < 4.78 is 13.0. The summed E-state index contributed by atoms with van der Waals surface area (Å²) in [5.74, 6) is -0.683. The topological polar surface area (TPSA) is 64.9 Å². The van der Waals surface area contributed by atoms with Crippen molar-refractivity contribution in [3.8, 4) is 6.07 Å². The molecule has 106 valence electrons. The lowest BCUT2D eigenvalue weighted by molar-refractivity contribution is -0.119. The van der Waals surface area contributed by atoms with E-state index in [-0.39, 0.29) is 18.0 Å². The number of halogens is 1. The van der Waals surface area contributed by atoms with Crippen LogP contribution < -0.4 is 10.6 Å². The standard InChI is InChI=1S/C16H14FN3O/c17-14-6-7-15(13(8-14)9-18)19-11-16(21)20-10-12-4-2-1-3-5-12/h1-8,19H,10-11H2,(H,20,21). The molecule has 0 bridgehead atoms. The third kappa shape index (κ3) is 4.32. The van der Waals surface area contributed by atoms with Gasteiger partial charge < -0.3 is 10.6 Å². The molecule has 4 nitrogen and oxygen atoms in total. The van der Waals surface area contributed by atoms with E-state index < -0.39 is 5.82 Å². The third-order valence-corrected chi connectivity index (χ3v) is 2.87. The van der Waals surface area contributed by atoms with E-state index in [9.17, 15) is 9.18 Å². The first kappa shape index (κ1) is 14.5. The van der Waals surface area contributed by atoms with Gasteiger partial charge in [-0.2, -0.15) is 5.26 Å². The van der Waals surface area contributed by atoms with E-state index in [2.05, 4.69) is 10.6 Å². The molecule has 2 rings (SSSR count). The molecule has 2 aromatic rings. The molecule has 0 aliphatic carbocycles. The fourth-order valence-electron chi connectivity index (χ4n) is 1.80. The Kier molecular flexibility index (Phi) is 4.89. The predicted octanol–water partition coefficient (Wildman–Crippen LogP) is 2.43. The minimum absolute atomic E-state index is 0.0210. The van der Waals surface area contributed by atoms with Gasteiger partial charge in [0.15, 0.2) is 0 Å². The van der Waals surface area contributed by atoms with Crippen molar-refractivity contribution in [1.82, 2.24) is 5.32 Å². The van der Waals surface area contributed by atoms with Gasteiger partial charge >= 0.3 is 0 Å². The van der Waals surface area contributed by atoms with E-state index >= 15 is 0 Å². The van der Waals surface area contributed by atoms with Gasteiger partial charge in [-0.25, -0.2) is 4.39 Å². The van der Waals surface area contributed by atoms with Crippen molar-refractivity contribution < 1.29 is 9.18 Å². The normalized spacial score (nSPS) is 9.71. The molecule has 0 radical (unpaired) electrons. The number of amides is 1. The summed E-state index contributed by atoms with van der Waals surface area (Å²) in [7, 11) is 0. The number of carbonyl (C=O) groups is 1. The average Bonchev–Trinajstić information content (AvgIpc) is 2.52. The van der Waals surface area contributed by atoms with Gasteiger partial charge in [0.1, 0.15) is 11.9 Å². The molecule has 0 aromatic heterocycles. The number of benzene rings is 2. The van der Waals surface area contributed by atoms with Crippen LogP contribution in [0.15, 0.2) is 48.5 Å². The molecule has 2 aromatic carbocycles. The number of nitrogens with zero attached hydrogens (tertiary/aromatic N) is 1. The van der Waals surface area contributed by atoms with Crippen molar-refractivity contribution in [2.24, 2.45) is 0 Å². The van der Waals surface area contributed by atoms with Crippen molar-refractivity contribution in [1.29, 1.82) is 5.26 Å². The molecule has 2 N–H and O–H groups in total. The third-order valence-electron chi connectivity index (χ3n) is 2.87. The van der Waals surface area contributed by atoms with E-state index in [0.717, 1.165) is 11.6 Å². The van der Waals surface area contributed by atoms with Gasteiger partial charge in [-0.05, 0) is 23.8 Å². The van der Waals surface area contributed by atoms with E-state index in [1.165, 1.54) is 12.1 Å². The molecule has 0 heterocycles. The Balaban J connectivity index is 1.86. The molecule has 0 saturated heterocycles. The Labute approximate surface area is 122 Å². The number of hydrogen-bond donors (Lipinski definition) is 2. The maximum absolute atomic E-state index is 13.0. The van der Waals surface area contributed by atoms with Crippen LogP contribution in [0.3, 0.4) is 0 Å². The summed E-state index contributed by atoms with van der Waals surface area (Å²) in [6, 6.07) is 15.2. The van der Waals surface area contributed by atoms with Crippen molar-refractivity contribution >= 4 is 11.6 Å². The Bertz CT molecular complexity index is 665. The van der Waals surface area contributed by atoms with Crippen LogP contribution in [0, 0.1) is 17.1 Å². The Morgan fingerprint density at radius 3 is 2.67 bits per heavy atom. The van der Waals surface area contributed by atoms with Crippen LogP contribution in [-0.4, -0.2) is 12.5 Å². The fourth-order valence-corrected chi connectivity index (χ4v) is 1.80. The van der Waals surface area contributed by atoms with Crippen molar-refractivity contribution in [3.63, 3.8) is 0 Å². The molecule has 21 heavy (non-hydrogen) atoms. The fraction of sp³-hybridized carbons (Fsp3) is 0.125. The van der Waals surface area contributed by atoms with E-state index in [1.54, 1.807) is 0 Å². The molecule has 0 saturated carbocycles. The molecule has 0 spiro atoms. The van der Waals surface area contributed by atoms with E-state index in [0.29, 0.717) is 12.2 Å². The quantitative estimate of drug-likeness (QED) is 0.885. The van der Waals surface area contributed by atoms with Gasteiger partial charge in [0.25, 0.3) is 0 Å². The number of anilines is 1. The maximum Gasteiger partial charge on any atom is 0.239 e. The zero-order valence-electron chi connectivity index (χ0n) is 11.3. The van der Waals surface area contributed by atoms with Gasteiger partial charge in [-0.15, -0.1) is 0 Å². The van der Waals surface area contributed by atoms with Crippen LogP contribution in [0.4, 0.5) is 10.1 Å². The minimum atomic E-state index is -0.481. The summed E-state index contributed by atoms with van der Waals surface area (Å²) in [6.07, 6.45) is 0. The zero-order valence-corrected chi connectivity index (χ0v) is 11.3. The van der Waals surface area contributed by atoms with Gasteiger partial charge in [-0.3, -0.25) is 4.79 Å². The summed E-state index contributed by atoms with van der Waals surface area (Å²) in [5, 5.41) is 14.5. The summed E-state index contributed by atoms with van der Waals surface area (Å²) >= 11 is 0. The smallest absolute Gasteiger partial charge is 0.239 e. The van der Waals surface area contributed by atoms with Crippen molar-refractivity contribution in [2.45, 2.75) is 6.54 Å². The zero-order chi connectivity index (χ0) is 15.1. The van der Waals surface area contributed by atoms with Crippen LogP contribution >= 0.6 is 0 Å². The van der Waals surface area contributed by atoms with Gasteiger partial charge in [0, 0.05) is 6.54 Å². The number of nitriles is 1. The number of carbonyl (C=O) groups excluding carboxylic acids is 1. The van der Waals surface area contributed by atoms with Crippen molar-refractivity contribution in [3.05, 3.63) is 65.5 Å². The Hall–Kier alpha value is -2.87. The van der Waals surface area contributed by atoms with Gasteiger partial charge in [0.05, 0.1) is 17.8 Å². The van der Waals surface area contributed by atoms with Crippen LogP contribution in [0.2, 0.25) is 0 Å². The lowest BCUT2D eigenvalue weighted by atomic mass is 10.2. The predicted molar refractivity (Wildman–Crippen MR) is 77.9 cm³/mol. The van der Waals surface area contributed by atoms with Gasteiger partial charge in [0.2, 0.25) is 5.91 Å². The SMILES string of the molecule is N#Cc1cc(F)ccc1NCC(=O)NCc1ccccc1. The largest absolute Gasteiger partial charge is 0.375 e. The summed E-state index contributed by atoms with van der Waals surface area (Å²) in [4.78, 5) is 11.7. The highest BCUT2D eigenvalue weighted by Gasteiger charge is 2.06. The van der Waals surface area contributed by atoms with E-state index in [4.69, 9.17) is 5.26 Å². The molecule has 0 aliphatic heterocycles. The lowest BCUT2D eigenvalue weighted by Gasteiger charge is -2.09. The molecule has 0 atom stereocenters. The Morgan fingerprint density at radius 2 is 1.95 bits per heavy atom. The van der Waals surface area contributed by atoms with E-state index in [1.807, 2.05) is 36.4 Å². The average molecular weight is 283 g/mol. The first-order chi connectivity index (χ1) is 10.2. The molecular weight excluding hydrogens is 269 g/mol. The second kappa shape index (κ2) is 7.06. The second-order valence-electron chi connectivity index (χ2n) is 4.42.